The van der Waals surface area contributed by atoms with Gasteiger partial charge in [0.15, 0.2) is 0 Å². The van der Waals surface area contributed by atoms with Crippen molar-refractivity contribution in [1.82, 2.24) is 30.0 Å². The van der Waals surface area contributed by atoms with Crippen LogP contribution in [0, 0.1) is 0 Å². The lowest BCUT2D eigenvalue weighted by Gasteiger charge is -2.08. The lowest BCUT2D eigenvalue weighted by atomic mass is 10.1. The van der Waals surface area contributed by atoms with Gasteiger partial charge >= 0.3 is 0 Å². The summed E-state index contributed by atoms with van der Waals surface area (Å²) in [6.07, 6.45) is 3.44. The van der Waals surface area contributed by atoms with Crippen molar-refractivity contribution in [3.05, 3.63) is 41.3 Å². The number of rotatable bonds is 0. The summed E-state index contributed by atoms with van der Waals surface area (Å²) in [4.78, 5) is 0. The van der Waals surface area contributed by atoms with Crippen LogP contribution in [0.1, 0.15) is 5.69 Å². The van der Waals surface area contributed by atoms with Crippen LogP contribution < -0.4 is 0 Å². The predicted octanol–water partition coefficient (Wildman–Crippen LogP) is 1.54. The molecule has 0 bridgehead atoms. The molecule has 0 atom stereocenters. The van der Waals surface area contributed by atoms with Gasteiger partial charge in [-0.05, 0) is 12.1 Å². The molecule has 0 saturated carbocycles. The Morgan fingerprint density at radius 1 is 1.11 bits per heavy atom. The van der Waals surface area contributed by atoms with Crippen LogP contribution in [0.25, 0.3) is 16.9 Å². The summed E-state index contributed by atoms with van der Waals surface area (Å²) >= 11 is 6.30. The molecule has 2 aromatic heterocycles. The summed E-state index contributed by atoms with van der Waals surface area (Å²) in [6.45, 7) is 0.577. The Bertz CT molecular complexity index is 744. The van der Waals surface area contributed by atoms with E-state index in [1.807, 2.05) is 18.2 Å². The highest BCUT2D eigenvalue weighted by atomic mass is 35.5. The Morgan fingerprint density at radius 2 is 2.00 bits per heavy atom. The number of fused-ring (bicyclic) bond motifs is 5. The highest BCUT2D eigenvalue weighted by molar-refractivity contribution is 6.33. The van der Waals surface area contributed by atoms with Crippen LogP contribution in [0.4, 0.5) is 0 Å². The monoisotopic (exact) mass is 258 g/mol. The molecule has 0 saturated heterocycles. The van der Waals surface area contributed by atoms with Crippen molar-refractivity contribution >= 4 is 11.6 Å². The first-order chi connectivity index (χ1) is 8.84. The maximum absolute atomic E-state index is 6.30. The van der Waals surface area contributed by atoms with Crippen LogP contribution >= 0.6 is 11.6 Å². The Balaban J connectivity index is 2.17. The van der Waals surface area contributed by atoms with Gasteiger partial charge in [-0.2, -0.15) is 0 Å². The quantitative estimate of drug-likeness (QED) is 0.480. The zero-order valence-electron chi connectivity index (χ0n) is 9.16. The first kappa shape index (κ1) is 9.78. The molecule has 0 N–H and O–H groups in total. The molecule has 0 aliphatic carbocycles. The molecule has 1 aliphatic heterocycles. The van der Waals surface area contributed by atoms with Crippen molar-refractivity contribution in [3.8, 4) is 16.9 Å². The topological polar surface area (TPSA) is 61.4 Å². The summed E-state index contributed by atoms with van der Waals surface area (Å²) in [7, 11) is 0. The summed E-state index contributed by atoms with van der Waals surface area (Å²) in [6, 6.07) is 5.70. The molecule has 3 heterocycles. The van der Waals surface area contributed by atoms with Crippen molar-refractivity contribution < 1.29 is 0 Å². The van der Waals surface area contributed by atoms with E-state index in [-0.39, 0.29) is 0 Å². The Morgan fingerprint density at radius 3 is 2.94 bits per heavy atom. The molecule has 88 valence electrons. The number of hydrogen-bond donors (Lipinski definition) is 0. The van der Waals surface area contributed by atoms with E-state index < -0.39 is 0 Å². The van der Waals surface area contributed by atoms with Gasteiger partial charge in [0, 0.05) is 5.56 Å². The average Bonchev–Trinajstić information content (AvgIpc) is 2.97. The van der Waals surface area contributed by atoms with E-state index in [0.29, 0.717) is 11.6 Å². The lowest BCUT2D eigenvalue weighted by molar-refractivity contribution is 0.633. The van der Waals surface area contributed by atoms with Crippen molar-refractivity contribution in [2.24, 2.45) is 0 Å². The van der Waals surface area contributed by atoms with Crippen LogP contribution in [-0.4, -0.2) is 30.0 Å². The van der Waals surface area contributed by atoms with E-state index in [4.69, 9.17) is 11.6 Å². The number of nitrogens with zero attached hydrogens (tertiary/aromatic N) is 6. The third kappa shape index (κ3) is 1.18. The van der Waals surface area contributed by atoms with E-state index >= 15 is 0 Å². The number of benzene rings is 1. The first-order valence-corrected chi connectivity index (χ1v) is 5.80. The van der Waals surface area contributed by atoms with Gasteiger partial charge in [-0.1, -0.05) is 28.1 Å². The van der Waals surface area contributed by atoms with E-state index in [2.05, 4.69) is 20.6 Å². The zero-order chi connectivity index (χ0) is 12.1. The zero-order valence-corrected chi connectivity index (χ0v) is 9.91. The highest BCUT2D eigenvalue weighted by Crippen LogP contribution is 2.35. The van der Waals surface area contributed by atoms with Gasteiger partial charge in [-0.25, -0.2) is 9.36 Å². The molecule has 1 aromatic carbocycles. The fourth-order valence-corrected chi connectivity index (χ4v) is 2.50. The molecule has 7 heteroatoms. The Labute approximate surface area is 107 Å². The molecule has 0 spiro atoms. The van der Waals surface area contributed by atoms with Gasteiger partial charge < -0.3 is 0 Å². The SMILES string of the molecule is Clc1cccc2c1-c1cnnn1Cc1cnnn1-2. The van der Waals surface area contributed by atoms with Crippen molar-refractivity contribution in [3.63, 3.8) is 0 Å². The molecular weight excluding hydrogens is 252 g/mol. The summed E-state index contributed by atoms with van der Waals surface area (Å²) in [5.74, 6) is 0. The molecule has 0 fully saturated rings. The maximum atomic E-state index is 6.30. The van der Waals surface area contributed by atoms with Crippen LogP contribution in [0.15, 0.2) is 30.6 Å². The molecular formula is C11H7ClN6. The van der Waals surface area contributed by atoms with E-state index in [9.17, 15) is 0 Å². The van der Waals surface area contributed by atoms with Gasteiger partial charge in [0.1, 0.15) is 0 Å². The fourth-order valence-electron chi connectivity index (χ4n) is 2.23. The van der Waals surface area contributed by atoms with Gasteiger partial charge in [-0.3, -0.25) is 0 Å². The minimum atomic E-state index is 0.577. The third-order valence-electron chi connectivity index (χ3n) is 3.03. The second-order valence-electron chi connectivity index (χ2n) is 4.05. The van der Waals surface area contributed by atoms with Crippen molar-refractivity contribution in [2.75, 3.05) is 0 Å². The van der Waals surface area contributed by atoms with Gasteiger partial charge in [-0.15, -0.1) is 10.2 Å². The van der Waals surface area contributed by atoms with Gasteiger partial charge in [0.05, 0.1) is 41.0 Å². The molecule has 0 radical (unpaired) electrons. The molecule has 3 aromatic rings. The molecule has 18 heavy (non-hydrogen) atoms. The number of aromatic nitrogens is 6. The van der Waals surface area contributed by atoms with Gasteiger partial charge in [0.25, 0.3) is 0 Å². The van der Waals surface area contributed by atoms with E-state index in [1.165, 1.54) is 0 Å². The van der Waals surface area contributed by atoms with Crippen molar-refractivity contribution in [1.29, 1.82) is 0 Å². The molecule has 1 aliphatic rings. The largest absolute Gasteiger partial charge is 0.238 e. The minimum absolute atomic E-state index is 0.577. The van der Waals surface area contributed by atoms with Gasteiger partial charge in [0.2, 0.25) is 0 Å². The minimum Gasteiger partial charge on any atom is -0.238 e. The summed E-state index contributed by atoms with van der Waals surface area (Å²) < 4.78 is 3.59. The molecule has 6 nitrogen and oxygen atoms in total. The Hall–Kier alpha value is -2.21. The van der Waals surface area contributed by atoms with Crippen LogP contribution in [0.3, 0.4) is 0 Å². The van der Waals surface area contributed by atoms with Crippen LogP contribution in [0.2, 0.25) is 5.02 Å². The van der Waals surface area contributed by atoms with E-state index in [0.717, 1.165) is 22.6 Å². The Kier molecular flexibility index (Phi) is 1.84. The second-order valence-corrected chi connectivity index (χ2v) is 4.46. The second kappa shape index (κ2) is 3.39. The average molecular weight is 259 g/mol. The van der Waals surface area contributed by atoms with Crippen molar-refractivity contribution in [2.45, 2.75) is 6.54 Å². The molecule has 4 rings (SSSR count). The van der Waals surface area contributed by atoms with Crippen LogP contribution in [-0.2, 0) is 6.54 Å². The smallest absolute Gasteiger partial charge is 0.0927 e. The molecule has 0 unspecified atom stereocenters. The number of halogens is 1. The highest BCUT2D eigenvalue weighted by Gasteiger charge is 2.22. The third-order valence-corrected chi connectivity index (χ3v) is 3.34. The van der Waals surface area contributed by atoms with Crippen LogP contribution in [0.5, 0.6) is 0 Å². The first-order valence-electron chi connectivity index (χ1n) is 5.42. The normalized spacial score (nSPS) is 12.5. The standard InChI is InChI=1S/C11H7ClN6/c12-8-2-1-3-9-11(8)10-5-14-15-17(10)6-7-4-13-16-18(7)9/h1-5H,6H2. The summed E-state index contributed by atoms with van der Waals surface area (Å²) in [5.41, 5.74) is 3.62. The maximum Gasteiger partial charge on any atom is 0.0927 e. The van der Waals surface area contributed by atoms with E-state index in [1.54, 1.807) is 21.8 Å². The predicted molar refractivity (Wildman–Crippen MR) is 64.5 cm³/mol. The lowest BCUT2D eigenvalue weighted by Crippen LogP contribution is -2.05. The molecule has 0 amide bonds. The fraction of sp³-hybridized carbons (Fsp3) is 0.0909. The summed E-state index contributed by atoms with van der Waals surface area (Å²) in [5, 5.41) is 16.7. The number of hydrogen-bond acceptors (Lipinski definition) is 4.